The van der Waals surface area contributed by atoms with Crippen LogP contribution in [0.2, 0.25) is 0 Å². The molecule has 2 rings (SSSR count). The van der Waals surface area contributed by atoms with Gasteiger partial charge in [-0.1, -0.05) is 18.2 Å². The van der Waals surface area contributed by atoms with E-state index in [1.807, 2.05) is 0 Å². The van der Waals surface area contributed by atoms with Gasteiger partial charge in [0.25, 0.3) is 0 Å². The Morgan fingerprint density at radius 1 is 1.08 bits per heavy atom. The molecule has 26 heavy (non-hydrogen) atoms. The fourth-order valence-electron chi connectivity index (χ4n) is 2.40. The Labute approximate surface area is 148 Å². The van der Waals surface area contributed by atoms with Crippen LogP contribution in [0.4, 0.5) is 13.2 Å². The summed E-state index contributed by atoms with van der Waals surface area (Å²) >= 11 is 0. The van der Waals surface area contributed by atoms with Crippen LogP contribution in [0.5, 0.6) is 17.2 Å². The van der Waals surface area contributed by atoms with E-state index in [1.165, 1.54) is 37.4 Å². The molecule has 0 aliphatic rings. The molecule has 5 nitrogen and oxygen atoms in total. The Morgan fingerprint density at radius 3 is 2.27 bits per heavy atom. The molecular weight excluding hydrogens is 351 g/mol. The zero-order valence-electron chi connectivity index (χ0n) is 14.0. The summed E-state index contributed by atoms with van der Waals surface area (Å²) in [5.41, 5.74) is 1.08. The third kappa shape index (κ3) is 5.05. The number of halogens is 3. The zero-order chi connectivity index (χ0) is 19.3. The lowest BCUT2D eigenvalue weighted by Crippen LogP contribution is -2.41. The molecule has 1 amide bonds. The molecule has 0 bridgehead atoms. The number of alkyl halides is 3. The summed E-state index contributed by atoms with van der Waals surface area (Å²) in [6, 6.07) is 10.1. The van der Waals surface area contributed by atoms with Crippen molar-refractivity contribution in [3.63, 3.8) is 0 Å². The number of carbonyl (C=O) groups excluding carboxylic acids is 1. The smallest absolute Gasteiger partial charge is 0.471 e. The molecule has 2 aromatic rings. The third-order valence-electron chi connectivity index (χ3n) is 3.75. The number of amides is 1. The molecule has 0 fully saturated rings. The Bertz CT molecular complexity index is 760. The lowest BCUT2D eigenvalue weighted by atomic mass is 10.1. The highest BCUT2D eigenvalue weighted by molar-refractivity contribution is 5.81. The first-order valence-corrected chi connectivity index (χ1v) is 7.70. The van der Waals surface area contributed by atoms with E-state index in [0.29, 0.717) is 16.0 Å². The largest absolute Gasteiger partial charge is 0.508 e. The lowest BCUT2D eigenvalue weighted by molar-refractivity contribution is -0.186. The first-order chi connectivity index (χ1) is 12.2. The minimum atomic E-state index is -4.99. The van der Waals surface area contributed by atoms with Crippen molar-refractivity contribution < 1.29 is 32.9 Å². The van der Waals surface area contributed by atoms with Crippen molar-refractivity contribution in [2.45, 2.75) is 19.1 Å². The van der Waals surface area contributed by atoms with Crippen molar-refractivity contribution in [2.75, 3.05) is 13.7 Å². The molecule has 0 saturated carbocycles. The number of carbonyl (C=O) groups is 1. The van der Waals surface area contributed by atoms with Gasteiger partial charge >= 0.3 is 12.1 Å². The quantitative estimate of drug-likeness (QED) is 0.820. The van der Waals surface area contributed by atoms with Gasteiger partial charge in [-0.3, -0.25) is 4.79 Å². The van der Waals surface area contributed by atoms with Crippen molar-refractivity contribution in [3.05, 3.63) is 53.6 Å². The molecule has 0 aliphatic carbocycles. The molecule has 140 valence electrons. The van der Waals surface area contributed by atoms with Crippen molar-refractivity contribution in [3.8, 4) is 17.2 Å². The molecule has 0 unspecified atom stereocenters. The van der Waals surface area contributed by atoms with Crippen LogP contribution in [0.15, 0.2) is 42.5 Å². The van der Waals surface area contributed by atoms with Gasteiger partial charge in [0, 0.05) is 13.1 Å². The van der Waals surface area contributed by atoms with Crippen LogP contribution in [0, 0.1) is 0 Å². The standard InChI is InChI=1S/C18H18F3NO4/c1-26-16-10-13(4-7-15(16)24)11-22(17(25)18(19,20)21)9-8-12-2-5-14(23)6-3-12/h2-7,10,23-24H,8-9,11H2,1H3. The van der Waals surface area contributed by atoms with E-state index < -0.39 is 12.1 Å². The Balaban J connectivity index is 2.18. The molecule has 0 saturated heterocycles. The molecule has 8 heteroatoms. The van der Waals surface area contributed by atoms with E-state index >= 15 is 0 Å². The predicted molar refractivity (Wildman–Crippen MR) is 87.9 cm³/mol. The van der Waals surface area contributed by atoms with Crippen LogP contribution in [-0.2, 0) is 17.8 Å². The second-order valence-corrected chi connectivity index (χ2v) is 5.65. The van der Waals surface area contributed by atoms with Crippen molar-refractivity contribution in [1.29, 1.82) is 0 Å². The number of ether oxygens (including phenoxy) is 1. The molecule has 0 aromatic heterocycles. The summed E-state index contributed by atoms with van der Waals surface area (Å²) in [6.45, 7) is -0.445. The number of hydrogen-bond acceptors (Lipinski definition) is 4. The van der Waals surface area contributed by atoms with Gasteiger partial charge in [-0.05, 0) is 41.8 Å². The van der Waals surface area contributed by atoms with E-state index in [-0.39, 0.29) is 36.8 Å². The normalized spacial score (nSPS) is 11.2. The summed E-state index contributed by atoms with van der Waals surface area (Å²) in [7, 11) is 1.32. The van der Waals surface area contributed by atoms with Gasteiger partial charge in [0.1, 0.15) is 5.75 Å². The maximum absolute atomic E-state index is 12.9. The minimum absolute atomic E-state index is 0.0492. The summed E-state index contributed by atoms with van der Waals surface area (Å²) in [5.74, 6) is -1.93. The second-order valence-electron chi connectivity index (χ2n) is 5.65. The fourth-order valence-corrected chi connectivity index (χ4v) is 2.40. The Hall–Kier alpha value is -2.90. The SMILES string of the molecule is COc1cc(CN(CCc2ccc(O)cc2)C(=O)C(F)(F)F)ccc1O. The van der Waals surface area contributed by atoms with E-state index in [1.54, 1.807) is 12.1 Å². The molecule has 0 spiro atoms. The third-order valence-corrected chi connectivity index (χ3v) is 3.75. The highest BCUT2D eigenvalue weighted by Gasteiger charge is 2.42. The molecule has 0 aliphatic heterocycles. The van der Waals surface area contributed by atoms with Crippen LogP contribution in [0.25, 0.3) is 0 Å². The van der Waals surface area contributed by atoms with Crippen molar-refractivity contribution in [1.82, 2.24) is 4.90 Å². The van der Waals surface area contributed by atoms with Crippen LogP contribution in [-0.4, -0.2) is 40.9 Å². The van der Waals surface area contributed by atoms with E-state index in [0.717, 1.165) is 0 Å². The van der Waals surface area contributed by atoms with E-state index in [2.05, 4.69) is 0 Å². The zero-order valence-corrected chi connectivity index (χ0v) is 14.0. The van der Waals surface area contributed by atoms with Crippen LogP contribution >= 0.6 is 0 Å². The van der Waals surface area contributed by atoms with Crippen LogP contribution in [0.1, 0.15) is 11.1 Å². The monoisotopic (exact) mass is 369 g/mol. The maximum Gasteiger partial charge on any atom is 0.471 e. The van der Waals surface area contributed by atoms with Gasteiger partial charge in [-0.2, -0.15) is 13.2 Å². The topological polar surface area (TPSA) is 70.0 Å². The average Bonchev–Trinajstić information content (AvgIpc) is 2.60. The minimum Gasteiger partial charge on any atom is -0.508 e. The fraction of sp³-hybridized carbons (Fsp3) is 0.278. The number of methoxy groups -OCH3 is 1. The molecule has 2 N–H and O–H groups in total. The summed E-state index contributed by atoms with van der Waals surface area (Å²) in [4.78, 5) is 12.4. The van der Waals surface area contributed by atoms with Crippen molar-refractivity contribution in [2.24, 2.45) is 0 Å². The molecule has 2 aromatic carbocycles. The van der Waals surface area contributed by atoms with Gasteiger partial charge in [-0.15, -0.1) is 0 Å². The number of aromatic hydroxyl groups is 2. The van der Waals surface area contributed by atoms with Gasteiger partial charge < -0.3 is 19.8 Å². The second kappa shape index (κ2) is 7.99. The molecule has 0 atom stereocenters. The summed E-state index contributed by atoms with van der Waals surface area (Å²) < 4.78 is 43.6. The van der Waals surface area contributed by atoms with Gasteiger partial charge in [0.15, 0.2) is 11.5 Å². The number of phenolic OH excluding ortho intramolecular Hbond substituents is 2. The van der Waals surface area contributed by atoms with Crippen LogP contribution < -0.4 is 4.74 Å². The first-order valence-electron chi connectivity index (χ1n) is 7.70. The highest BCUT2D eigenvalue weighted by atomic mass is 19.4. The average molecular weight is 369 g/mol. The number of rotatable bonds is 6. The van der Waals surface area contributed by atoms with Crippen molar-refractivity contribution >= 4 is 5.91 Å². The molecule has 0 heterocycles. The highest BCUT2D eigenvalue weighted by Crippen LogP contribution is 2.28. The lowest BCUT2D eigenvalue weighted by Gasteiger charge is -2.24. The van der Waals surface area contributed by atoms with Gasteiger partial charge in [-0.25, -0.2) is 0 Å². The Morgan fingerprint density at radius 2 is 1.69 bits per heavy atom. The number of hydrogen-bond donors (Lipinski definition) is 2. The number of nitrogens with zero attached hydrogens (tertiary/aromatic N) is 1. The molecular formula is C18H18F3NO4. The Kier molecular flexibility index (Phi) is 5.97. The van der Waals surface area contributed by atoms with E-state index in [9.17, 15) is 28.2 Å². The predicted octanol–water partition coefficient (Wildman–Crippen LogP) is 3.24. The number of phenols is 2. The van der Waals surface area contributed by atoms with Gasteiger partial charge in [0.2, 0.25) is 0 Å². The molecule has 0 radical (unpaired) electrons. The summed E-state index contributed by atoms with van der Waals surface area (Å²) in [6.07, 6.45) is -4.80. The number of benzene rings is 2. The van der Waals surface area contributed by atoms with E-state index in [4.69, 9.17) is 4.74 Å². The first kappa shape index (κ1) is 19.4. The van der Waals surface area contributed by atoms with Gasteiger partial charge in [0.05, 0.1) is 7.11 Å². The van der Waals surface area contributed by atoms with Crippen LogP contribution in [0.3, 0.4) is 0 Å². The summed E-state index contributed by atoms with van der Waals surface area (Å²) in [5, 5.41) is 18.8. The maximum atomic E-state index is 12.9.